The van der Waals surface area contributed by atoms with Crippen molar-refractivity contribution in [2.45, 2.75) is 0 Å². The zero-order chi connectivity index (χ0) is 8.97. The van der Waals surface area contributed by atoms with Crippen LogP contribution in [0.2, 0.25) is 0 Å². The first-order chi connectivity index (χ1) is 5.75. The molecule has 0 atom stereocenters. The lowest BCUT2D eigenvalue weighted by atomic mass is 10.3. The third kappa shape index (κ3) is 1.99. The van der Waals surface area contributed by atoms with Gasteiger partial charge in [0.15, 0.2) is 5.55 Å². The molecule has 0 radical (unpaired) electrons. The predicted octanol–water partition coefficient (Wildman–Crippen LogP) is 1.80. The molecule has 0 saturated heterocycles. The van der Waals surface area contributed by atoms with Crippen molar-refractivity contribution in [1.82, 2.24) is 4.98 Å². The van der Waals surface area contributed by atoms with Gasteiger partial charge in [0.2, 0.25) is 5.88 Å². The van der Waals surface area contributed by atoms with Crippen LogP contribution in [0, 0.1) is 0 Å². The predicted molar refractivity (Wildman–Crippen MR) is 48.7 cm³/mol. The molecule has 1 aromatic rings. The molecule has 0 aliphatic rings. The van der Waals surface area contributed by atoms with Crippen LogP contribution in [-0.2, 0) is 0 Å². The van der Waals surface area contributed by atoms with Gasteiger partial charge >= 0.3 is 0 Å². The summed E-state index contributed by atoms with van der Waals surface area (Å²) in [6.45, 7) is 0. The fraction of sp³-hybridized carbons (Fsp3) is 0. The van der Waals surface area contributed by atoms with Crippen LogP contribution in [0.3, 0.4) is 0 Å². The van der Waals surface area contributed by atoms with Gasteiger partial charge in [-0.3, -0.25) is 4.79 Å². The van der Waals surface area contributed by atoms with Crippen LogP contribution in [0.1, 0.15) is 10.4 Å². The Morgan fingerprint density at radius 1 is 1.75 bits per heavy atom. The molecule has 0 N–H and O–H groups in total. The number of hydrogen-bond acceptors (Lipinski definition) is 4. The maximum Gasteiger partial charge on any atom is 0.257 e. The molecule has 1 heterocycles. The summed E-state index contributed by atoms with van der Waals surface area (Å²) >= 11 is 9.68. The Morgan fingerprint density at radius 2 is 2.50 bits per heavy atom. The summed E-state index contributed by atoms with van der Waals surface area (Å²) in [7, 11) is 0. The largest absolute Gasteiger partial charge is 0.434 e. The normalized spacial score (nSPS) is 9.08. The van der Waals surface area contributed by atoms with Crippen molar-refractivity contribution in [3.8, 4) is 5.88 Å². The maximum atomic E-state index is 10.7. The second-order valence-electron chi connectivity index (χ2n) is 1.84. The Hall–Kier alpha value is -1.00. The quantitative estimate of drug-likeness (QED) is 0.552. The maximum absolute atomic E-state index is 10.7. The van der Waals surface area contributed by atoms with Gasteiger partial charge in [-0.15, -0.1) is 0 Å². The van der Waals surface area contributed by atoms with E-state index in [1.807, 2.05) is 0 Å². The van der Waals surface area contributed by atoms with Gasteiger partial charge in [0.25, 0.3) is 5.24 Å². The van der Waals surface area contributed by atoms with Crippen LogP contribution in [-0.4, -0.2) is 15.8 Å². The molecule has 1 aromatic heterocycles. The van der Waals surface area contributed by atoms with Crippen molar-refractivity contribution >= 4 is 34.6 Å². The Balaban J connectivity index is 3.07. The number of nitrogens with zero attached hydrogens (tertiary/aromatic N) is 1. The number of pyridine rings is 1. The molecule has 0 aliphatic heterocycles. The molecule has 0 amide bonds. The van der Waals surface area contributed by atoms with Crippen molar-refractivity contribution in [3.05, 3.63) is 23.9 Å². The molecule has 62 valence electrons. The van der Waals surface area contributed by atoms with E-state index in [-0.39, 0.29) is 11.4 Å². The minimum Gasteiger partial charge on any atom is -0.434 e. The molecule has 0 saturated carbocycles. The van der Waals surface area contributed by atoms with Crippen molar-refractivity contribution in [3.63, 3.8) is 0 Å². The number of ether oxygens (including phenoxy) is 1. The first-order valence-corrected chi connectivity index (χ1v) is 3.86. The van der Waals surface area contributed by atoms with Gasteiger partial charge in [0.1, 0.15) is 0 Å². The van der Waals surface area contributed by atoms with Crippen molar-refractivity contribution in [1.29, 1.82) is 0 Å². The molecule has 0 unspecified atom stereocenters. The highest BCUT2D eigenvalue weighted by atomic mass is 35.5. The van der Waals surface area contributed by atoms with E-state index in [1.165, 1.54) is 12.3 Å². The van der Waals surface area contributed by atoms with Gasteiger partial charge in [-0.2, -0.15) is 0 Å². The van der Waals surface area contributed by atoms with E-state index in [2.05, 4.69) is 17.2 Å². The summed E-state index contributed by atoms with van der Waals surface area (Å²) in [5, 5.41) is -0.616. The molecule has 3 nitrogen and oxygen atoms in total. The Morgan fingerprint density at radius 3 is 3.08 bits per heavy atom. The molecule has 12 heavy (non-hydrogen) atoms. The average molecular weight is 202 g/mol. The van der Waals surface area contributed by atoms with E-state index in [9.17, 15) is 4.79 Å². The topological polar surface area (TPSA) is 39.2 Å². The van der Waals surface area contributed by atoms with Gasteiger partial charge < -0.3 is 4.74 Å². The average Bonchev–Trinajstić information content (AvgIpc) is 2.05. The fourth-order valence-corrected chi connectivity index (χ4v) is 0.915. The standard InChI is InChI=1S/C7H4ClNO2S/c8-6(10)5-2-1-3-9-7(5)11-4-12/h1-4H. The monoisotopic (exact) mass is 201 g/mol. The number of hydrogen-bond donors (Lipinski definition) is 0. The number of halogens is 1. The van der Waals surface area contributed by atoms with Crippen LogP contribution in [0.25, 0.3) is 0 Å². The minimum absolute atomic E-state index is 0.132. The molecular weight excluding hydrogens is 198 g/mol. The summed E-state index contributed by atoms with van der Waals surface area (Å²) in [5.74, 6) is 0.132. The molecule has 0 aliphatic carbocycles. The number of aromatic nitrogens is 1. The molecule has 0 aromatic carbocycles. The van der Waals surface area contributed by atoms with E-state index >= 15 is 0 Å². The van der Waals surface area contributed by atoms with Gasteiger partial charge in [-0.05, 0) is 36.0 Å². The molecule has 0 spiro atoms. The molecule has 0 bridgehead atoms. The lowest BCUT2D eigenvalue weighted by Gasteiger charge is -2.00. The van der Waals surface area contributed by atoms with E-state index in [0.717, 1.165) is 5.55 Å². The zero-order valence-electron chi connectivity index (χ0n) is 5.86. The fourth-order valence-electron chi connectivity index (χ4n) is 0.680. The molecule has 1 rings (SSSR count). The Kier molecular flexibility index (Phi) is 3.13. The minimum atomic E-state index is -0.616. The van der Waals surface area contributed by atoms with E-state index in [1.54, 1.807) is 6.07 Å². The molecule has 0 fully saturated rings. The SMILES string of the molecule is O=C(Cl)c1cccnc1OC=S. The molecular formula is C7H4ClNO2S. The summed E-state index contributed by atoms with van der Waals surface area (Å²) in [5.41, 5.74) is 1.23. The number of carbonyl (C=O) groups is 1. The summed E-state index contributed by atoms with van der Waals surface area (Å²) in [6, 6.07) is 3.10. The van der Waals surface area contributed by atoms with Crippen LogP contribution in [0.4, 0.5) is 0 Å². The smallest absolute Gasteiger partial charge is 0.257 e. The Labute approximate surface area is 79.3 Å². The van der Waals surface area contributed by atoms with Crippen LogP contribution in [0.15, 0.2) is 18.3 Å². The van der Waals surface area contributed by atoms with Gasteiger partial charge in [0, 0.05) is 6.20 Å². The lowest BCUT2D eigenvalue weighted by Crippen LogP contribution is -1.98. The third-order valence-electron chi connectivity index (χ3n) is 1.14. The van der Waals surface area contributed by atoms with E-state index < -0.39 is 5.24 Å². The van der Waals surface area contributed by atoms with Crippen molar-refractivity contribution in [2.24, 2.45) is 0 Å². The highest BCUT2D eigenvalue weighted by Gasteiger charge is 2.09. The second-order valence-corrected chi connectivity index (χ2v) is 2.38. The second kappa shape index (κ2) is 4.13. The highest BCUT2D eigenvalue weighted by Crippen LogP contribution is 2.15. The number of carbonyl (C=O) groups excluding carboxylic acids is 1. The van der Waals surface area contributed by atoms with E-state index in [0.29, 0.717) is 0 Å². The van der Waals surface area contributed by atoms with Gasteiger partial charge in [-0.1, -0.05) is 0 Å². The van der Waals surface area contributed by atoms with Crippen LogP contribution >= 0.6 is 23.8 Å². The van der Waals surface area contributed by atoms with Crippen molar-refractivity contribution < 1.29 is 9.53 Å². The first-order valence-electron chi connectivity index (χ1n) is 3.01. The number of rotatable bonds is 3. The van der Waals surface area contributed by atoms with Gasteiger partial charge in [-0.25, -0.2) is 4.98 Å². The Bertz CT molecular complexity index is 316. The van der Waals surface area contributed by atoms with Crippen molar-refractivity contribution in [2.75, 3.05) is 0 Å². The van der Waals surface area contributed by atoms with Gasteiger partial charge in [0.05, 0.1) is 5.56 Å². The first kappa shape index (κ1) is 9.09. The van der Waals surface area contributed by atoms with Crippen LogP contribution < -0.4 is 4.74 Å². The van der Waals surface area contributed by atoms with Crippen LogP contribution in [0.5, 0.6) is 5.88 Å². The number of thiocarbonyl (C=S) groups is 1. The summed E-state index contributed by atoms with van der Waals surface area (Å²) in [4.78, 5) is 14.5. The summed E-state index contributed by atoms with van der Waals surface area (Å²) < 4.78 is 4.77. The molecule has 5 heteroatoms. The highest BCUT2D eigenvalue weighted by molar-refractivity contribution is 7.78. The zero-order valence-corrected chi connectivity index (χ0v) is 7.43. The summed E-state index contributed by atoms with van der Waals surface area (Å²) in [6.07, 6.45) is 1.48. The lowest BCUT2D eigenvalue weighted by molar-refractivity contribution is 0.107. The van der Waals surface area contributed by atoms with E-state index in [4.69, 9.17) is 16.3 Å². The third-order valence-corrected chi connectivity index (χ3v) is 1.44.